The number of sulfonamides is 1. The molecule has 0 saturated heterocycles. The van der Waals surface area contributed by atoms with Crippen molar-refractivity contribution < 1.29 is 17.9 Å². The highest BCUT2D eigenvalue weighted by atomic mass is 32.2. The van der Waals surface area contributed by atoms with E-state index in [1.807, 2.05) is 19.1 Å². The van der Waals surface area contributed by atoms with Gasteiger partial charge >= 0.3 is 0 Å². The number of methoxy groups -OCH3 is 1. The molecule has 128 valence electrons. The molecule has 0 aliphatic rings. The number of rotatable bonds is 6. The number of aryl methyl sites for hydroxylation is 1. The fourth-order valence-electron chi connectivity index (χ4n) is 2.26. The Hall–Kier alpha value is -2.54. The summed E-state index contributed by atoms with van der Waals surface area (Å²) in [6.45, 7) is 3.33. The molecule has 0 aromatic heterocycles. The second-order valence-electron chi connectivity index (χ2n) is 5.16. The lowest BCUT2D eigenvalue weighted by Gasteiger charge is -2.14. The van der Waals surface area contributed by atoms with Crippen molar-refractivity contribution in [2.75, 3.05) is 17.1 Å². The summed E-state index contributed by atoms with van der Waals surface area (Å²) in [5.41, 5.74) is 1.87. The van der Waals surface area contributed by atoms with Crippen LogP contribution in [0.15, 0.2) is 47.4 Å². The molecule has 2 rings (SSSR count). The van der Waals surface area contributed by atoms with E-state index in [2.05, 4.69) is 10.0 Å². The summed E-state index contributed by atoms with van der Waals surface area (Å²) in [5, 5.41) is 2.59. The molecule has 2 aromatic rings. The number of carbonyl (C=O) groups is 1. The van der Waals surface area contributed by atoms with Gasteiger partial charge < -0.3 is 10.1 Å². The van der Waals surface area contributed by atoms with Crippen LogP contribution in [-0.4, -0.2) is 21.4 Å². The van der Waals surface area contributed by atoms with Crippen LogP contribution in [0, 0.1) is 0 Å². The SMILES string of the molecule is CCc1ccccc1NS(=O)(=O)c1ccc(NC(C)=O)c(OC)c1. The van der Waals surface area contributed by atoms with Gasteiger partial charge in [0.05, 0.1) is 23.4 Å². The molecule has 0 atom stereocenters. The van der Waals surface area contributed by atoms with Crippen LogP contribution >= 0.6 is 0 Å². The minimum absolute atomic E-state index is 0.0550. The van der Waals surface area contributed by atoms with Gasteiger partial charge in [-0.1, -0.05) is 25.1 Å². The molecule has 0 aliphatic heterocycles. The van der Waals surface area contributed by atoms with E-state index in [1.165, 1.54) is 32.2 Å². The fraction of sp³-hybridized carbons (Fsp3) is 0.235. The van der Waals surface area contributed by atoms with Crippen LogP contribution in [0.1, 0.15) is 19.4 Å². The van der Waals surface area contributed by atoms with E-state index in [4.69, 9.17) is 4.74 Å². The monoisotopic (exact) mass is 348 g/mol. The van der Waals surface area contributed by atoms with Gasteiger partial charge in [-0.15, -0.1) is 0 Å². The van der Waals surface area contributed by atoms with Crippen molar-refractivity contribution in [1.29, 1.82) is 0 Å². The van der Waals surface area contributed by atoms with Gasteiger partial charge in [0.1, 0.15) is 5.75 Å². The van der Waals surface area contributed by atoms with Crippen LogP contribution in [-0.2, 0) is 21.2 Å². The summed E-state index contributed by atoms with van der Waals surface area (Å²) in [6, 6.07) is 11.5. The number of hydrogen-bond donors (Lipinski definition) is 2. The Morgan fingerprint density at radius 1 is 1.12 bits per heavy atom. The van der Waals surface area contributed by atoms with Gasteiger partial charge in [0.15, 0.2) is 0 Å². The van der Waals surface area contributed by atoms with E-state index in [-0.39, 0.29) is 16.6 Å². The standard InChI is InChI=1S/C17H20N2O4S/c1-4-13-7-5-6-8-15(13)19-24(21,22)14-9-10-16(18-12(2)20)17(11-14)23-3/h5-11,19H,4H2,1-3H3,(H,18,20). The number of carbonyl (C=O) groups excluding carboxylic acids is 1. The third-order valence-corrected chi connectivity index (χ3v) is 4.80. The summed E-state index contributed by atoms with van der Waals surface area (Å²) in [7, 11) is -2.35. The Labute approximate surface area is 141 Å². The Balaban J connectivity index is 2.37. The number of nitrogens with one attached hydrogen (secondary N) is 2. The molecule has 0 aliphatic carbocycles. The summed E-state index contributed by atoms with van der Waals surface area (Å²) < 4.78 is 33.0. The lowest BCUT2D eigenvalue weighted by Crippen LogP contribution is -2.15. The Bertz CT molecular complexity index is 847. The highest BCUT2D eigenvalue weighted by Gasteiger charge is 2.18. The smallest absolute Gasteiger partial charge is 0.262 e. The molecular weight excluding hydrogens is 328 g/mol. The van der Waals surface area contributed by atoms with Crippen LogP contribution in [0.5, 0.6) is 5.75 Å². The van der Waals surface area contributed by atoms with Gasteiger partial charge in [-0.3, -0.25) is 9.52 Å². The number of benzene rings is 2. The lowest BCUT2D eigenvalue weighted by atomic mass is 10.1. The van der Waals surface area contributed by atoms with Crippen LogP contribution in [0.2, 0.25) is 0 Å². The molecule has 0 spiro atoms. The zero-order valence-electron chi connectivity index (χ0n) is 13.8. The van der Waals surface area contributed by atoms with Crippen LogP contribution in [0.25, 0.3) is 0 Å². The molecule has 24 heavy (non-hydrogen) atoms. The van der Waals surface area contributed by atoms with Crippen molar-refractivity contribution >= 4 is 27.3 Å². The predicted octanol–water partition coefficient (Wildman–Crippen LogP) is 3.02. The fourth-order valence-corrected chi connectivity index (χ4v) is 3.38. The number of para-hydroxylation sites is 1. The van der Waals surface area contributed by atoms with E-state index in [0.29, 0.717) is 17.8 Å². The van der Waals surface area contributed by atoms with Crippen LogP contribution in [0.4, 0.5) is 11.4 Å². The van der Waals surface area contributed by atoms with E-state index in [1.54, 1.807) is 12.1 Å². The zero-order chi connectivity index (χ0) is 17.7. The highest BCUT2D eigenvalue weighted by Crippen LogP contribution is 2.29. The number of ether oxygens (including phenoxy) is 1. The van der Waals surface area contributed by atoms with E-state index >= 15 is 0 Å². The third kappa shape index (κ3) is 4.05. The van der Waals surface area contributed by atoms with Crippen LogP contribution in [0.3, 0.4) is 0 Å². The Morgan fingerprint density at radius 2 is 1.83 bits per heavy atom. The first-order valence-corrected chi connectivity index (χ1v) is 8.92. The third-order valence-electron chi connectivity index (χ3n) is 3.44. The maximum atomic E-state index is 12.6. The molecule has 0 saturated carbocycles. The maximum absolute atomic E-state index is 12.6. The van der Waals surface area contributed by atoms with Crippen LogP contribution < -0.4 is 14.8 Å². The summed E-state index contributed by atoms with van der Waals surface area (Å²) in [6.07, 6.45) is 0.712. The topological polar surface area (TPSA) is 84.5 Å². The molecule has 0 bridgehead atoms. The van der Waals surface area contributed by atoms with Gasteiger partial charge in [0.2, 0.25) is 5.91 Å². The maximum Gasteiger partial charge on any atom is 0.262 e. The van der Waals surface area contributed by atoms with Crippen molar-refractivity contribution in [1.82, 2.24) is 0 Å². The summed E-state index contributed by atoms with van der Waals surface area (Å²) >= 11 is 0. The molecular formula is C17H20N2O4S. The van der Waals surface area contributed by atoms with Gasteiger partial charge in [0.25, 0.3) is 10.0 Å². The van der Waals surface area contributed by atoms with Gasteiger partial charge in [-0.05, 0) is 30.2 Å². The molecule has 0 fully saturated rings. The zero-order valence-corrected chi connectivity index (χ0v) is 14.6. The molecule has 7 heteroatoms. The van der Waals surface area contributed by atoms with E-state index in [9.17, 15) is 13.2 Å². The van der Waals surface area contributed by atoms with Gasteiger partial charge in [-0.2, -0.15) is 0 Å². The highest BCUT2D eigenvalue weighted by molar-refractivity contribution is 7.92. The first-order valence-electron chi connectivity index (χ1n) is 7.43. The molecule has 0 heterocycles. The average Bonchev–Trinajstić information content (AvgIpc) is 2.54. The van der Waals surface area contributed by atoms with E-state index in [0.717, 1.165) is 5.56 Å². The van der Waals surface area contributed by atoms with Crippen molar-refractivity contribution in [3.8, 4) is 5.75 Å². The van der Waals surface area contributed by atoms with Gasteiger partial charge in [0, 0.05) is 13.0 Å². The largest absolute Gasteiger partial charge is 0.495 e. The average molecular weight is 348 g/mol. The number of anilines is 2. The first-order chi connectivity index (χ1) is 11.4. The summed E-state index contributed by atoms with van der Waals surface area (Å²) in [5.74, 6) is 0.00996. The number of amides is 1. The minimum atomic E-state index is -3.77. The Kier molecular flexibility index (Phi) is 5.46. The molecule has 2 aromatic carbocycles. The molecule has 0 radical (unpaired) electrons. The van der Waals surface area contributed by atoms with Crippen molar-refractivity contribution in [3.05, 3.63) is 48.0 Å². The second kappa shape index (κ2) is 7.35. The lowest BCUT2D eigenvalue weighted by molar-refractivity contribution is -0.114. The first kappa shape index (κ1) is 17.8. The quantitative estimate of drug-likeness (QED) is 0.840. The normalized spacial score (nSPS) is 11.0. The summed E-state index contributed by atoms with van der Waals surface area (Å²) in [4.78, 5) is 11.2. The molecule has 2 N–H and O–H groups in total. The van der Waals surface area contributed by atoms with E-state index < -0.39 is 10.0 Å². The Morgan fingerprint density at radius 3 is 2.46 bits per heavy atom. The second-order valence-corrected chi connectivity index (χ2v) is 6.84. The van der Waals surface area contributed by atoms with Crippen molar-refractivity contribution in [2.24, 2.45) is 0 Å². The molecule has 0 unspecified atom stereocenters. The molecule has 1 amide bonds. The van der Waals surface area contributed by atoms with Crippen molar-refractivity contribution in [3.63, 3.8) is 0 Å². The predicted molar refractivity (Wildman–Crippen MR) is 93.9 cm³/mol. The van der Waals surface area contributed by atoms with Gasteiger partial charge in [-0.25, -0.2) is 8.42 Å². The van der Waals surface area contributed by atoms with Crippen molar-refractivity contribution in [2.45, 2.75) is 25.2 Å². The molecule has 6 nitrogen and oxygen atoms in total. The minimum Gasteiger partial charge on any atom is -0.495 e. The number of hydrogen-bond acceptors (Lipinski definition) is 4.